The minimum Gasteiger partial charge on any atom is -0.337 e. The molecule has 0 bridgehead atoms. The van der Waals surface area contributed by atoms with Crippen molar-refractivity contribution in [1.29, 1.82) is 0 Å². The van der Waals surface area contributed by atoms with Crippen LogP contribution in [0.4, 0.5) is 0 Å². The Morgan fingerprint density at radius 3 is 2.60 bits per heavy atom. The van der Waals surface area contributed by atoms with Gasteiger partial charge in [-0.3, -0.25) is 19.4 Å². The van der Waals surface area contributed by atoms with Gasteiger partial charge in [0.25, 0.3) is 5.91 Å². The van der Waals surface area contributed by atoms with Gasteiger partial charge >= 0.3 is 0 Å². The van der Waals surface area contributed by atoms with Crippen LogP contribution >= 0.6 is 0 Å². The van der Waals surface area contributed by atoms with Gasteiger partial charge in [0.15, 0.2) is 5.69 Å². The van der Waals surface area contributed by atoms with Gasteiger partial charge < -0.3 is 9.80 Å². The lowest BCUT2D eigenvalue weighted by atomic mass is 9.97. The summed E-state index contributed by atoms with van der Waals surface area (Å²) >= 11 is 0. The number of amides is 1. The maximum Gasteiger partial charge on any atom is 0.274 e. The fraction of sp³-hybridized carbons (Fsp3) is 0.679. The van der Waals surface area contributed by atoms with Gasteiger partial charge in [0.1, 0.15) is 0 Å². The second-order valence-corrected chi connectivity index (χ2v) is 10.9. The zero-order valence-electron chi connectivity index (χ0n) is 21.7. The van der Waals surface area contributed by atoms with E-state index >= 15 is 0 Å². The summed E-state index contributed by atoms with van der Waals surface area (Å²) in [4.78, 5) is 25.1. The minimum atomic E-state index is 0.156. The maximum atomic E-state index is 13.6. The van der Waals surface area contributed by atoms with Crippen molar-refractivity contribution in [3.05, 3.63) is 47.0 Å². The van der Waals surface area contributed by atoms with Gasteiger partial charge in [0.05, 0.1) is 0 Å². The molecule has 5 rings (SSSR count). The van der Waals surface area contributed by atoms with Crippen LogP contribution < -0.4 is 0 Å². The number of aryl methyl sites for hydroxylation is 2. The van der Waals surface area contributed by atoms with E-state index in [0.29, 0.717) is 12.1 Å². The zero-order chi connectivity index (χ0) is 24.2. The second-order valence-electron chi connectivity index (χ2n) is 10.9. The van der Waals surface area contributed by atoms with Gasteiger partial charge in [-0.25, -0.2) is 0 Å². The third-order valence-corrected chi connectivity index (χ3v) is 8.31. The average molecular weight is 479 g/mol. The van der Waals surface area contributed by atoms with Crippen LogP contribution in [0, 0.1) is 0 Å². The molecule has 0 saturated carbocycles. The molecule has 0 aliphatic carbocycles. The molecular weight excluding hydrogens is 436 g/mol. The lowest BCUT2D eigenvalue weighted by molar-refractivity contribution is 0.0704. The smallest absolute Gasteiger partial charge is 0.274 e. The molecule has 0 radical (unpaired) electrons. The van der Waals surface area contributed by atoms with E-state index in [1.807, 2.05) is 23.4 Å². The van der Waals surface area contributed by atoms with Gasteiger partial charge in [-0.1, -0.05) is 6.07 Å². The first-order valence-corrected chi connectivity index (χ1v) is 13.8. The molecule has 3 aliphatic rings. The molecule has 2 fully saturated rings. The number of likely N-dealkylation sites (tertiary alicyclic amines) is 2. The molecule has 0 N–H and O–H groups in total. The standard InChI is InChI=1S/C28H42N6O/c1-22(2)31-17-10-24(11-18-31)33-19-12-26-25(21-33)27(28(35)32-14-4-3-5-15-32)30-34(26)16-7-9-23-8-6-13-29-20-23/h6,8,13,20,22,24H,3-5,7,9-12,14-19,21H2,1-2H3. The van der Waals surface area contributed by atoms with Crippen molar-refractivity contribution in [2.45, 2.75) is 90.4 Å². The molecule has 0 spiro atoms. The number of nitrogens with zero attached hydrogens (tertiary/aromatic N) is 6. The molecule has 2 aromatic rings. The number of piperidine rings is 2. The Hall–Kier alpha value is -2.25. The Balaban J connectivity index is 1.32. The van der Waals surface area contributed by atoms with Crippen LogP contribution in [-0.2, 0) is 25.9 Å². The van der Waals surface area contributed by atoms with Gasteiger partial charge in [0, 0.05) is 74.9 Å². The predicted octanol–water partition coefficient (Wildman–Crippen LogP) is 3.77. The van der Waals surface area contributed by atoms with Crippen molar-refractivity contribution in [2.24, 2.45) is 0 Å². The van der Waals surface area contributed by atoms with E-state index < -0.39 is 0 Å². The van der Waals surface area contributed by atoms with Gasteiger partial charge in [-0.05, 0) is 83.5 Å². The lowest BCUT2D eigenvalue weighted by Gasteiger charge is -2.41. The Labute approximate surface area is 210 Å². The molecular formula is C28H42N6O. The van der Waals surface area contributed by atoms with E-state index in [0.717, 1.165) is 70.5 Å². The molecule has 1 amide bonds. The number of rotatable bonds is 7. The third kappa shape index (κ3) is 5.61. The van der Waals surface area contributed by atoms with E-state index in [2.05, 4.69) is 39.4 Å². The van der Waals surface area contributed by atoms with Crippen LogP contribution in [0.3, 0.4) is 0 Å². The van der Waals surface area contributed by atoms with E-state index in [1.165, 1.54) is 49.2 Å². The summed E-state index contributed by atoms with van der Waals surface area (Å²) in [6.07, 6.45) is 12.7. The summed E-state index contributed by atoms with van der Waals surface area (Å²) in [7, 11) is 0. The summed E-state index contributed by atoms with van der Waals surface area (Å²) < 4.78 is 2.17. The van der Waals surface area contributed by atoms with Crippen LogP contribution in [0.2, 0.25) is 0 Å². The van der Waals surface area contributed by atoms with Gasteiger partial charge in [0.2, 0.25) is 0 Å². The van der Waals surface area contributed by atoms with E-state index in [4.69, 9.17) is 5.10 Å². The van der Waals surface area contributed by atoms with Crippen molar-refractivity contribution < 1.29 is 4.79 Å². The van der Waals surface area contributed by atoms with Crippen molar-refractivity contribution in [3.63, 3.8) is 0 Å². The first kappa shape index (κ1) is 24.4. The first-order valence-electron chi connectivity index (χ1n) is 13.8. The Kier molecular flexibility index (Phi) is 7.83. The van der Waals surface area contributed by atoms with E-state index in [-0.39, 0.29) is 5.91 Å². The van der Waals surface area contributed by atoms with Crippen LogP contribution in [0.1, 0.15) is 79.7 Å². The summed E-state index contributed by atoms with van der Waals surface area (Å²) in [5, 5.41) is 4.99. The molecule has 0 unspecified atom stereocenters. The highest BCUT2D eigenvalue weighted by atomic mass is 16.2. The topological polar surface area (TPSA) is 57.5 Å². The molecule has 35 heavy (non-hydrogen) atoms. The normalized spacial score (nSPS) is 20.4. The first-order chi connectivity index (χ1) is 17.1. The fourth-order valence-corrected chi connectivity index (χ4v) is 6.17. The highest BCUT2D eigenvalue weighted by Gasteiger charge is 2.34. The van der Waals surface area contributed by atoms with Crippen LogP contribution in [-0.4, -0.2) is 80.2 Å². The number of carbonyl (C=O) groups is 1. The van der Waals surface area contributed by atoms with E-state index in [9.17, 15) is 4.79 Å². The highest BCUT2D eigenvalue weighted by molar-refractivity contribution is 5.94. The molecule has 5 heterocycles. The molecule has 2 saturated heterocycles. The molecule has 0 aromatic carbocycles. The summed E-state index contributed by atoms with van der Waals surface area (Å²) in [6.45, 7) is 11.5. The minimum absolute atomic E-state index is 0.156. The van der Waals surface area contributed by atoms with Crippen LogP contribution in [0.5, 0.6) is 0 Å². The molecule has 7 heteroatoms. The van der Waals surface area contributed by atoms with Crippen molar-refractivity contribution in [1.82, 2.24) is 29.5 Å². The van der Waals surface area contributed by atoms with Crippen molar-refractivity contribution >= 4 is 5.91 Å². The highest BCUT2D eigenvalue weighted by Crippen LogP contribution is 2.29. The average Bonchev–Trinajstić information content (AvgIpc) is 3.27. The number of hydrogen-bond donors (Lipinski definition) is 0. The molecule has 0 atom stereocenters. The SMILES string of the molecule is CC(C)N1CCC(N2CCc3c(c(C(=O)N4CCCCC4)nn3CCCc3cccnc3)C2)CC1. The Bertz CT molecular complexity index is 973. The van der Waals surface area contributed by atoms with Crippen molar-refractivity contribution in [3.8, 4) is 0 Å². The monoisotopic (exact) mass is 478 g/mol. The summed E-state index contributed by atoms with van der Waals surface area (Å²) in [5.41, 5.74) is 4.50. The summed E-state index contributed by atoms with van der Waals surface area (Å²) in [5.74, 6) is 0.156. The number of fused-ring (bicyclic) bond motifs is 1. The number of carbonyl (C=O) groups excluding carboxylic acids is 1. The largest absolute Gasteiger partial charge is 0.337 e. The van der Waals surface area contributed by atoms with Crippen LogP contribution in [0.15, 0.2) is 24.5 Å². The van der Waals surface area contributed by atoms with Crippen molar-refractivity contribution in [2.75, 3.05) is 32.7 Å². The molecule has 190 valence electrons. The lowest BCUT2D eigenvalue weighted by Crippen LogP contribution is -2.48. The molecule has 3 aliphatic heterocycles. The van der Waals surface area contributed by atoms with E-state index in [1.54, 1.807) is 0 Å². The Morgan fingerprint density at radius 1 is 1.09 bits per heavy atom. The van der Waals surface area contributed by atoms with Crippen LogP contribution in [0.25, 0.3) is 0 Å². The predicted molar refractivity (Wildman–Crippen MR) is 138 cm³/mol. The molecule has 7 nitrogen and oxygen atoms in total. The zero-order valence-corrected chi connectivity index (χ0v) is 21.7. The second kappa shape index (κ2) is 11.2. The quantitative estimate of drug-likeness (QED) is 0.606. The van der Waals surface area contributed by atoms with Gasteiger partial charge in [-0.2, -0.15) is 5.10 Å². The van der Waals surface area contributed by atoms with Gasteiger partial charge in [-0.15, -0.1) is 0 Å². The number of pyridine rings is 1. The fourth-order valence-electron chi connectivity index (χ4n) is 6.17. The maximum absolute atomic E-state index is 13.6. The number of aromatic nitrogens is 3. The number of hydrogen-bond acceptors (Lipinski definition) is 5. The summed E-state index contributed by atoms with van der Waals surface area (Å²) in [6, 6.07) is 5.38. The molecule has 2 aromatic heterocycles. The Morgan fingerprint density at radius 2 is 1.89 bits per heavy atom. The third-order valence-electron chi connectivity index (χ3n) is 8.31.